The van der Waals surface area contributed by atoms with E-state index in [-0.39, 0.29) is 40.7 Å². The van der Waals surface area contributed by atoms with Gasteiger partial charge in [0.2, 0.25) is 5.91 Å². The molecule has 0 saturated carbocycles. The van der Waals surface area contributed by atoms with Gasteiger partial charge in [0, 0.05) is 21.6 Å². The van der Waals surface area contributed by atoms with Crippen molar-refractivity contribution < 1.29 is 18.7 Å². The topological polar surface area (TPSA) is 106 Å². The average Bonchev–Trinajstić information content (AvgIpc) is 3.60. The largest absolute Gasteiger partial charge is 0.444 e. The van der Waals surface area contributed by atoms with Crippen LogP contribution in [0.25, 0.3) is 0 Å². The summed E-state index contributed by atoms with van der Waals surface area (Å²) in [5.74, 6) is -0.388. The van der Waals surface area contributed by atoms with Crippen molar-refractivity contribution in [2.45, 2.75) is 91.7 Å². The molecular weight excluding hydrogens is 557 g/mol. The summed E-state index contributed by atoms with van der Waals surface area (Å²) in [5, 5.41) is 6.29. The fraction of sp³-hybridized carbons (Fsp3) is 0.484. The molecule has 2 aliphatic heterocycles. The van der Waals surface area contributed by atoms with Gasteiger partial charge >= 0.3 is 6.09 Å². The van der Waals surface area contributed by atoms with Crippen LogP contribution in [0.15, 0.2) is 41.3 Å². The van der Waals surface area contributed by atoms with Crippen molar-refractivity contribution in [1.82, 2.24) is 19.8 Å². The SMILES string of the molecule is CC(C)(C)OC(=O)N1Cc2cc(CNC(=O)C3CCc4cnc(NC(c5ccc(F)cc5)C(C)(C)C)c(=O)n43)sc2C1. The van der Waals surface area contributed by atoms with Crippen LogP contribution < -0.4 is 16.2 Å². The van der Waals surface area contributed by atoms with Gasteiger partial charge in [0.25, 0.3) is 5.56 Å². The molecule has 9 nitrogen and oxygen atoms in total. The predicted molar refractivity (Wildman–Crippen MR) is 160 cm³/mol. The number of halogens is 1. The number of anilines is 1. The van der Waals surface area contributed by atoms with Gasteiger partial charge in [-0.1, -0.05) is 32.9 Å². The first kappa shape index (κ1) is 29.8. The Kier molecular flexibility index (Phi) is 7.91. The number of rotatable bonds is 6. The van der Waals surface area contributed by atoms with Crippen LogP contribution in [0.5, 0.6) is 0 Å². The zero-order valence-corrected chi connectivity index (χ0v) is 25.7. The van der Waals surface area contributed by atoms with Crippen molar-refractivity contribution in [1.29, 1.82) is 0 Å². The first-order valence-corrected chi connectivity index (χ1v) is 15.0. The number of nitrogens with zero attached hydrogens (tertiary/aromatic N) is 3. The summed E-state index contributed by atoms with van der Waals surface area (Å²) in [7, 11) is 0. The van der Waals surface area contributed by atoms with Crippen molar-refractivity contribution in [3.63, 3.8) is 0 Å². The van der Waals surface area contributed by atoms with Crippen LogP contribution in [0.2, 0.25) is 0 Å². The van der Waals surface area contributed by atoms with Crippen molar-refractivity contribution >= 4 is 29.2 Å². The van der Waals surface area contributed by atoms with Gasteiger partial charge in [-0.15, -0.1) is 11.3 Å². The minimum atomic E-state index is -0.635. The zero-order valence-electron chi connectivity index (χ0n) is 24.9. The number of aryl methyl sites for hydroxylation is 1. The van der Waals surface area contributed by atoms with E-state index in [1.54, 1.807) is 39.1 Å². The van der Waals surface area contributed by atoms with E-state index in [4.69, 9.17) is 4.74 Å². The Morgan fingerprint density at radius 3 is 2.50 bits per heavy atom. The number of carbonyl (C=O) groups excluding carboxylic acids is 2. The van der Waals surface area contributed by atoms with Crippen LogP contribution in [-0.4, -0.2) is 32.1 Å². The molecule has 11 heteroatoms. The number of ether oxygens (including phenoxy) is 1. The summed E-state index contributed by atoms with van der Waals surface area (Å²) >= 11 is 1.57. The summed E-state index contributed by atoms with van der Waals surface area (Å²) in [5.41, 5.74) is 1.41. The van der Waals surface area contributed by atoms with Crippen molar-refractivity contribution in [3.05, 3.63) is 79.3 Å². The van der Waals surface area contributed by atoms with Crippen LogP contribution in [-0.2, 0) is 35.6 Å². The molecule has 2 unspecified atom stereocenters. The van der Waals surface area contributed by atoms with E-state index in [0.29, 0.717) is 32.5 Å². The van der Waals surface area contributed by atoms with E-state index in [1.165, 1.54) is 12.1 Å². The third kappa shape index (κ3) is 6.35. The van der Waals surface area contributed by atoms with Crippen LogP contribution in [0.3, 0.4) is 0 Å². The molecule has 42 heavy (non-hydrogen) atoms. The van der Waals surface area contributed by atoms with Gasteiger partial charge in [-0.3, -0.25) is 19.1 Å². The Morgan fingerprint density at radius 2 is 1.86 bits per heavy atom. The first-order chi connectivity index (χ1) is 19.7. The van der Waals surface area contributed by atoms with Crippen LogP contribution in [0.1, 0.15) is 86.6 Å². The number of hydrogen-bond donors (Lipinski definition) is 2. The van der Waals surface area contributed by atoms with Gasteiger partial charge in [0.15, 0.2) is 5.82 Å². The second-order valence-corrected chi connectivity index (χ2v) is 14.3. The molecular formula is C31H38FN5O4S. The van der Waals surface area contributed by atoms with Crippen LogP contribution >= 0.6 is 11.3 Å². The number of benzene rings is 1. The highest BCUT2D eigenvalue weighted by Gasteiger charge is 2.34. The monoisotopic (exact) mass is 595 g/mol. The minimum Gasteiger partial charge on any atom is -0.444 e. The summed E-state index contributed by atoms with van der Waals surface area (Å²) in [6.45, 7) is 13.0. The first-order valence-electron chi connectivity index (χ1n) is 14.2. The lowest BCUT2D eigenvalue weighted by Crippen LogP contribution is -2.37. The normalized spacial score (nSPS) is 17.0. The molecule has 0 fully saturated rings. The van der Waals surface area contributed by atoms with Gasteiger partial charge in [-0.05, 0) is 68.4 Å². The fourth-order valence-electron chi connectivity index (χ4n) is 5.45. The molecule has 0 radical (unpaired) electrons. The zero-order chi connectivity index (χ0) is 30.4. The smallest absolute Gasteiger partial charge is 0.410 e. The molecule has 2 amide bonds. The quantitative estimate of drug-likeness (QED) is 0.379. The van der Waals surface area contributed by atoms with Gasteiger partial charge in [0.1, 0.15) is 17.5 Å². The Labute approximate surface area is 249 Å². The number of carbonyl (C=O) groups is 2. The van der Waals surface area contributed by atoms with E-state index >= 15 is 0 Å². The Balaban J connectivity index is 1.26. The fourth-order valence-corrected chi connectivity index (χ4v) is 6.58. The molecule has 0 saturated heterocycles. The standard InChI is InChI=1S/C31H38FN5O4S/c1-30(2,3)25(18-7-9-20(32)10-8-18)35-26-28(39)37-21(14-33-26)11-12-23(37)27(38)34-15-22-13-19-16-36(17-24(19)42-22)29(40)41-31(4,5)6/h7-10,13-14,23,25H,11-12,15-17H2,1-6H3,(H,33,35)(H,34,38). The minimum absolute atomic E-state index is 0.159. The second-order valence-electron chi connectivity index (χ2n) is 13.0. The van der Waals surface area contributed by atoms with E-state index in [2.05, 4.69) is 15.6 Å². The van der Waals surface area contributed by atoms with Crippen LogP contribution in [0, 0.1) is 11.2 Å². The summed E-state index contributed by atoms with van der Waals surface area (Å²) in [6, 6.07) is 7.29. The molecule has 2 aliphatic rings. The third-order valence-electron chi connectivity index (χ3n) is 7.44. The van der Waals surface area contributed by atoms with Gasteiger partial charge < -0.3 is 15.4 Å². The van der Waals surface area contributed by atoms with E-state index in [1.807, 2.05) is 47.6 Å². The number of hydrogen-bond acceptors (Lipinski definition) is 7. The Bertz CT molecular complexity index is 1530. The molecule has 2 atom stereocenters. The molecule has 3 aromatic rings. The third-order valence-corrected chi connectivity index (χ3v) is 8.61. The van der Waals surface area contributed by atoms with Gasteiger partial charge in [0.05, 0.1) is 25.7 Å². The molecule has 1 aromatic carbocycles. The number of fused-ring (bicyclic) bond motifs is 2. The lowest BCUT2D eigenvalue weighted by molar-refractivity contribution is -0.124. The summed E-state index contributed by atoms with van der Waals surface area (Å²) in [4.78, 5) is 47.5. The Morgan fingerprint density at radius 1 is 1.14 bits per heavy atom. The van der Waals surface area contributed by atoms with Crippen molar-refractivity contribution in [3.8, 4) is 0 Å². The number of thiophene rings is 1. The van der Waals surface area contributed by atoms with Crippen LogP contribution in [0.4, 0.5) is 15.0 Å². The molecule has 2 N–H and O–H groups in total. The lowest BCUT2D eigenvalue weighted by Gasteiger charge is -2.32. The molecule has 224 valence electrons. The highest BCUT2D eigenvalue weighted by molar-refractivity contribution is 7.12. The lowest BCUT2D eigenvalue weighted by atomic mass is 9.82. The maximum atomic E-state index is 13.6. The molecule has 5 rings (SSSR count). The van der Waals surface area contributed by atoms with Crippen molar-refractivity contribution in [2.75, 3.05) is 5.32 Å². The molecule has 0 bridgehead atoms. The molecule has 0 spiro atoms. The highest BCUT2D eigenvalue weighted by atomic mass is 32.1. The van der Waals surface area contributed by atoms with Gasteiger partial charge in [-0.2, -0.15) is 0 Å². The molecule has 0 aliphatic carbocycles. The Hall–Kier alpha value is -3.73. The number of nitrogens with one attached hydrogen (secondary N) is 2. The summed E-state index contributed by atoms with van der Waals surface area (Å²) < 4.78 is 20.6. The average molecular weight is 596 g/mol. The second kappa shape index (κ2) is 11.2. The van der Waals surface area contributed by atoms with Gasteiger partial charge in [-0.25, -0.2) is 14.2 Å². The van der Waals surface area contributed by atoms with Crippen molar-refractivity contribution in [2.24, 2.45) is 5.41 Å². The van der Waals surface area contributed by atoms with E-state index in [0.717, 1.165) is 26.6 Å². The van der Waals surface area contributed by atoms with E-state index < -0.39 is 11.6 Å². The maximum Gasteiger partial charge on any atom is 0.410 e. The summed E-state index contributed by atoms with van der Waals surface area (Å²) in [6.07, 6.45) is 2.41. The van der Waals surface area contributed by atoms with E-state index in [9.17, 15) is 18.8 Å². The molecule has 2 aromatic heterocycles. The molecule has 4 heterocycles. The number of aromatic nitrogens is 2. The highest BCUT2D eigenvalue weighted by Crippen LogP contribution is 2.36. The maximum absolute atomic E-state index is 13.6. The predicted octanol–water partition coefficient (Wildman–Crippen LogP) is 5.70. The number of amides is 2.